The minimum atomic E-state index is 0.158. The van der Waals surface area contributed by atoms with Crippen LogP contribution in [0.2, 0.25) is 0 Å². The van der Waals surface area contributed by atoms with Crippen LogP contribution in [0.1, 0.15) is 29.2 Å². The number of hydrogen-bond acceptors (Lipinski definition) is 1. The summed E-state index contributed by atoms with van der Waals surface area (Å²) in [6.45, 7) is 0. The van der Waals surface area contributed by atoms with E-state index >= 15 is 0 Å². The molecule has 22 heavy (non-hydrogen) atoms. The molecular formula is C18H15BrN2S. The summed E-state index contributed by atoms with van der Waals surface area (Å²) in [4.78, 5) is 0. The Balaban J connectivity index is 1.84. The van der Waals surface area contributed by atoms with Gasteiger partial charge in [-0.25, -0.2) is 0 Å². The third kappa shape index (κ3) is 2.36. The summed E-state index contributed by atoms with van der Waals surface area (Å²) >= 11 is 8.94. The molecule has 0 spiro atoms. The van der Waals surface area contributed by atoms with E-state index < -0.39 is 0 Å². The molecule has 2 aromatic carbocycles. The molecule has 1 atom stereocenters. The van der Waals surface area contributed by atoms with Gasteiger partial charge in [0.2, 0.25) is 0 Å². The molecule has 0 saturated carbocycles. The van der Waals surface area contributed by atoms with Crippen LogP contribution in [-0.4, -0.2) is 5.11 Å². The van der Waals surface area contributed by atoms with Crippen LogP contribution in [0.3, 0.4) is 0 Å². The molecule has 2 aromatic rings. The van der Waals surface area contributed by atoms with Gasteiger partial charge < -0.3 is 10.6 Å². The van der Waals surface area contributed by atoms with Crippen molar-refractivity contribution < 1.29 is 0 Å². The zero-order valence-electron chi connectivity index (χ0n) is 11.9. The van der Waals surface area contributed by atoms with Crippen molar-refractivity contribution in [2.45, 2.75) is 18.9 Å². The van der Waals surface area contributed by atoms with E-state index in [-0.39, 0.29) is 6.04 Å². The normalized spacial score (nSPS) is 19.9. The lowest BCUT2D eigenvalue weighted by atomic mass is 9.83. The summed E-state index contributed by atoms with van der Waals surface area (Å²) in [5, 5.41) is 7.50. The third-order valence-electron chi connectivity index (χ3n) is 4.34. The van der Waals surface area contributed by atoms with Gasteiger partial charge in [-0.3, -0.25) is 0 Å². The SMILES string of the molecule is S=C1NC2=C(CCc3ccccc32)C(c2ccc(Br)cc2)N1. The Labute approximate surface area is 143 Å². The number of nitrogens with one attached hydrogen (secondary N) is 2. The standard InChI is InChI=1S/C18H15BrN2S/c19-13-8-5-12(6-9-13)16-15-10-7-11-3-1-2-4-14(11)17(15)21-18(22)20-16/h1-6,8-9,16H,7,10H2,(H2,20,21,22). The molecule has 0 saturated heterocycles. The van der Waals surface area contributed by atoms with Crippen molar-refractivity contribution >= 4 is 39.0 Å². The van der Waals surface area contributed by atoms with Gasteiger partial charge in [-0.2, -0.15) is 0 Å². The first kappa shape index (κ1) is 14.0. The lowest BCUT2D eigenvalue weighted by molar-refractivity contribution is 0.667. The first-order chi connectivity index (χ1) is 10.7. The first-order valence-corrected chi connectivity index (χ1v) is 8.57. The quantitative estimate of drug-likeness (QED) is 0.730. The Morgan fingerprint density at radius 3 is 2.59 bits per heavy atom. The van der Waals surface area contributed by atoms with Crippen LogP contribution in [-0.2, 0) is 6.42 Å². The second kappa shape index (κ2) is 5.52. The number of aryl methyl sites for hydroxylation is 1. The van der Waals surface area contributed by atoms with Crippen molar-refractivity contribution in [1.29, 1.82) is 0 Å². The van der Waals surface area contributed by atoms with Gasteiger partial charge in [-0.15, -0.1) is 0 Å². The molecule has 0 fully saturated rings. The summed E-state index contributed by atoms with van der Waals surface area (Å²) in [7, 11) is 0. The summed E-state index contributed by atoms with van der Waals surface area (Å²) in [5.74, 6) is 0. The molecule has 1 heterocycles. The Kier molecular flexibility index (Phi) is 3.51. The molecule has 4 rings (SSSR count). The molecule has 4 heteroatoms. The highest BCUT2D eigenvalue weighted by molar-refractivity contribution is 9.10. The van der Waals surface area contributed by atoms with Crippen molar-refractivity contribution in [1.82, 2.24) is 10.6 Å². The molecular weight excluding hydrogens is 356 g/mol. The van der Waals surface area contributed by atoms with Gasteiger partial charge in [-0.1, -0.05) is 52.3 Å². The number of hydrogen-bond donors (Lipinski definition) is 2. The molecule has 1 unspecified atom stereocenters. The van der Waals surface area contributed by atoms with Crippen LogP contribution >= 0.6 is 28.1 Å². The fourth-order valence-corrected chi connectivity index (χ4v) is 3.78. The maximum atomic E-state index is 5.44. The number of fused-ring (bicyclic) bond motifs is 2. The van der Waals surface area contributed by atoms with Crippen molar-refractivity contribution in [2.24, 2.45) is 0 Å². The van der Waals surface area contributed by atoms with Crippen molar-refractivity contribution in [3.05, 3.63) is 75.3 Å². The van der Waals surface area contributed by atoms with Crippen LogP contribution in [0, 0.1) is 0 Å². The Bertz CT molecular complexity index is 780. The van der Waals surface area contributed by atoms with Crippen LogP contribution in [0.15, 0.2) is 58.6 Å². The molecule has 0 bridgehead atoms. The molecule has 0 radical (unpaired) electrons. The van der Waals surface area contributed by atoms with Crippen molar-refractivity contribution in [3.8, 4) is 0 Å². The van der Waals surface area contributed by atoms with E-state index in [9.17, 15) is 0 Å². The Hall–Kier alpha value is -1.65. The second-order valence-corrected chi connectivity index (χ2v) is 6.96. The number of rotatable bonds is 1. The smallest absolute Gasteiger partial charge is 0.171 e. The number of thiocarbonyl (C=S) groups is 1. The fraction of sp³-hybridized carbons (Fsp3) is 0.167. The van der Waals surface area contributed by atoms with Crippen molar-refractivity contribution in [3.63, 3.8) is 0 Å². The fourth-order valence-electron chi connectivity index (χ4n) is 3.29. The van der Waals surface area contributed by atoms with E-state index in [0.717, 1.165) is 17.3 Å². The summed E-state index contributed by atoms with van der Waals surface area (Å²) < 4.78 is 1.09. The van der Waals surface area contributed by atoms with Gasteiger partial charge in [0.05, 0.1) is 6.04 Å². The molecule has 2 aliphatic rings. The van der Waals surface area contributed by atoms with E-state index in [4.69, 9.17) is 12.2 Å². The maximum absolute atomic E-state index is 5.44. The predicted octanol–water partition coefficient (Wildman–Crippen LogP) is 4.33. The highest BCUT2D eigenvalue weighted by Crippen LogP contribution is 2.38. The molecule has 2 N–H and O–H groups in total. The average molecular weight is 371 g/mol. The van der Waals surface area contributed by atoms with Crippen LogP contribution < -0.4 is 10.6 Å². The van der Waals surface area contributed by atoms with Gasteiger partial charge in [0.15, 0.2) is 5.11 Å². The van der Waals surface area contributed by atoms with E-state index in [1.165, 1.54) is 28.0 Å². The highest BCUT2D eigenvalue weighted by Gasteiger charge is 2.30. The Morgan fingerprint density at radius 2 is 1.77 bits per heavy atom. The van der Waals surface area contributed by atoms with E-state index in [2.05, 4.69) is 75.1 Å². The van der Waals surface area contributed by atoms with E-state index in [1.54, 1.807) is 0 Å². The second-order valence-electron chi connectivity index (χ2n) is 5.64. The summed E-state index contributed by atoms with van der Waals surface area (Å²) in [6.07, 6.45) is 2.13. The highest BCUT2D eigenvalue weighted by atomic mass is 79.9. The molecule has 110 valence electrons. The number of halogens is 1. The summed E-state index contributed by atoms with van der Waals surface area (Å²) in [6, 6.07) is 17.2. The van der Waals surface area contributed by atoms with Gasteiger partial charge in [-0.05, 0) is 53.9 Å². The van der Waals surface area contributed by atoms with Gasteiger partial charge in [0, 0.05) is 15.7 Å². The molecule has 2 nitrogen and oxygen atoms in total. The van der Waals surface area contributed by atoms with Crippen LogP contribution in [0.4, 0.5) is 0 Å². The maximum Gasteiger partial charge on any atom is 0.171 e. The minimum absolute atomic E-state index is 0.158. The van der Waals surface area contributed by atoms with Gasteiger partial charge in [0.25, 0.3) is 0 Å². The van der Waals surface area contributed by atoms with Gasteiger partial charge >= 0.3 is 0 Å². The predicted molar refractivity (Wildman–Crippen MR) is 97.4 cm³/mol. The molecule has 0 aromatic heterocycles. The van der Waals surface area contributed by atoms with Gasteiger partial charge in [0.1, 0.15) is 0 Å². The van der Waals surface area contributed by atoms with E-state index in [1.807, 2.05) is 0 Å². The zero-order chi connectivity index (χ0) is 15.1. The molecule has 1 aliphatic heterocycles. The lowest BCUT2D eigenvalue weighted by Gasteiger charge is -2.35. The number of benzene rings is 2. The van der Waals surface area contributed by atoms with Crippen LogP contribution in [0.5, 0.6) is 0 Å². The van der Waals surface area contributed by atoms with Crippen molar-refractivity contribution in [2.75, 3.05) is 0 Å². The lowest BCUT2D eigenvalue weighted by Crippen LogP contribution is -2.44. The van der Waals surface area contributed by atoms with Crippen LogP contribution in [0.25, 0.3) is 5.70 Å². The third-order valence-corrected chi connectivity index (χ3v) is 5.09. The minimum Gasteiger partial charge on any atom is -0.352 e. The first-order valence-electron chi connectivity index (χ1n) is 7.36. The molecule has 0 amide bonds. The average Bonchev–Trinajstić information content (AvgIpc) is 2.55. The topological polar surface area (TPSA) is 24.1 Å². The van der Waals surface area contributed by atoms with E-state index in [0.29, 0.717) is 5.11 Å². The Morgan fingerprint density at radius 1 is 1.00 bits per heavy atom. The largest absolute Gasteiger partial charge is 0.352 e. The summed E-state index contributed by atoms with van der Waals surface area (Å²) in [5.41, 5.74) is 6.52. The monoisotopic (exact) mass is 370 g/mol. The molecule has 1 aliphatic carbocycles. The zero-order valence-corrected chi connectivity index (χ0v) is 14.3.